The molecule has 0 bridgehead atoms. The van der Waals surface area contributed by atoms with Gasteiger partial charge in [0.05, 0.1) is 11.3 Å². The molecule has 1 aromatic carbocycles. The van der Waals surface area contributed by atoms with E-state index >= 15 is 0 Å². The number of benzene rings is 1. The van der Waals surface area contributed by atoms with E-state index in [1.54, 1.807) is 4.68 Å². The van der Waals surface area contributed by atoms with Crippen molar-refractivity contribution in [3.63, 3.8) is 0 Å². The van der Waals surface area contributed by atoms with Gasteiger partial charge in [-0.05, 0) is 62.8 Å². The Kier molecular flexibility index (Phi) is 4.57. The minimum atomic E-state index is -0.0715. The highest BCUT2D eigenvalue weighted by atomic mass is 16.1. The number of nitrogens with zero attached hydrogens (tertiary/aromatic N) is 3. The van der Waals surface area contributed by atoms with Gasteiger partial charge in [0, 0.05) is 37.6 Å². The molecule has 0 atom stereocenters. The van der Waals surface area contributed by atoms with Crippen LogP contribution in [0, 0.1) is 13.8 Å². The molecule has 26 heavy (non-hydrogen) atoms. The van der Waals surface area contributed by atoms with Gasteiger partial charge in [-0.1, -0.05) is 12.5 Å². The Labute approximate surface area is 155 Å². The number of nitrogens with one attached hydrogen (secondary N) is 1. The summed E-state index contributed by atoms with van der Waals surface area (Å²) >= 11 is 0. The molecule has 0 saturated heterocycles. The number of hydrogen-bond acceptors (Lipinski definition) is 3. The molecule has 5 heteroatoms. The third-order valence-corrected chi connectivity index (χ3v) is 6.13. The number of fused-ring (bicyclic) bond motifs is 1. The van der Waals surface area contributed by atoms with Crippen molar-refractivity contribution in [1.29, 1.82) is 0 Å². The Morgan fingerprint density at radius 2 is 1.88 bits per heavy atom. The van der Waals surface area contributed by atoms with Gasteiger partial charge >= 0.3 is 0 Å². The molecule has 2 aliphatic rings. The van der Waals surface area contributed by atoms with Crippen molar-refractivity contribution in [3.05, 3.63) is 46.3 Å². The van der Waals surface area contributed by atoms with Gasteiger partial charge in [0.25, 0.3) is 5.91 Å². The minimum absolute atomic E-state index is 0.0715. The predicted octanol–water partition coefficient (Wildman–Crippen LogP) is 3.24. The molecule has 1 N–H and O–H groups in total. The molecular formula is C21H28N4O. The molecule has 1 aliphatic carbocycles. The van der Waals surface area contributed by atoms with E-state index in [4.69, 9.17) is 0 Å². The van der Waals surface area contributed by atoms with Gasteiger partial charge < -0.3 is 5.32 Å². The Morgan fingerprint density at radius 1 is 1.15 bits per heavy atom. The first kappa shape index (κ1) is 17.3. The number of rotatable bonds is 3. The monoisotopic (exact) mass is 352 g/mol. The van der Waals surface area contributed by atoms with Crippen LogP contribution in [0.2, 0.25) is 0 Å². The van der Waals surface area contributed by atoms with Crippen molar-refractivity contribution in [2.24, 2.45) is 7.05 Å². The molecule has 0 unspecified atom stereocenters. The van der Waals surface area contributed by atoms with E-state index in [1.165, 1.54) is 30.4 Å². The highest BCUT2D eigenvalue weighted by Gasteiger charge is 2.26. The molecule has 2 aromatic rings. The standard InChI is InChI=1S/C21H28N4O/c1-14-20(15(2)24(3)23-14)21(26)22-18-8-7-16-9-11-25(19-5-4-6-19)12-10-17(16)13-18/h7-8,13,19H,4-6,9-12H2,1-3H3,(H,22,26). The van der Waals surface area contributed by atoms with E-state index in [-0.39, 0.29) is 5.91 Å². The fourth-order valence-electron chi connectivity index (χ4n) is 4.23. The average Bonchev–Trinajstić information content (AvgIpc) is 2.71. The van der Waals surface area contributed by atoms with Crippen molar-refractivity contribution in [1.82, 2.24) is 14.7 Å². The number of anilines is 1. The second kappa shape index (κ2) is 6.88. The summed E-state index contributed by atoms with van der Waals surface area (Å²) in [4.78, 5) is 15.4. The molecule has 0 spiro atoms. The van der Waals surface area contributed by atoms with Crippen LogP contribution in [0.25, 0.3) is 0 Å². The van der Waals surface area contributed by atoms with E-state index < -0.39 is 0 Å². The van der Waals surface area contributed by atoms with Crippen molar-refractivity contribution >= 4 is 11.6 Å². The Morgan fingerprint density at radius 3 is 2.50 bits per heavy atom. The summed E-state index contributed by atoms with van der Waals surface area (Å²) in [6, 6.07) is 7.20. The SMILES string of the molecule is Cc1nn(C)c(C)c1C(=O)Nc1ccc2c(c1)CCN(C1CCC1)CC2. The van der Waals surface area contributed by atoms with E-state index in [2.05, 4.69) is 27.4 Å². The summed E-state index contributed by atoms with van der Waals surface area (Å²) in [5.74, 6) is -0.0715. The Bertz CT molecular complexity index is 835. The Balaban J connectivity index is 1.49. The molecule has 138 valence electrons. The number of carbonyl (C=O) groups excluding carboxylic acids is 1. The molecule has 5 nitrogen and oxygen atoms in total. The molecular weight excluding hydrogens is 324 g/mol. The lowest BCUT2D eigenvalue weighted by molar-refractivity contribution is 0.102. The van der Waals surface area contributed by atoms with Crippen molar-refractivity contribution in [2.75, 3.05) is 18.4 Å². The van der Waals surface area contributed by atoms with E-state index in [1.807, 2.05) is 27.0 Å². The van der Waals surface area contributed by atoms with Crippen LogP contribution in [-0.4, -0.2) is 39.7 Å². The molecule has 0 radical (unpaired) electrons. The molecule has 1 amide bonds. The van der Waals surface area contributed by atoms with Gasteiger partial charge in [-0.2, -0.15) is 5.10 Å². The lowest BCUT2D eigenvalue weighted by Crippen LogP contribution is -2.41. The molecule has 2 heterocycles. The number of hydrogen-bond donors (Lipinski definition) is 1. The average molecular weight is 352 g/mol. The van der Waals surface area contributed by atoms with Crippen LogP contribution in [0.4, 0.5) is 5.69 Å². The van der Waals surface area contributed by atoms with Gasteiger partial charge in [0.1, 0.15) is 0 Å². The number of aromatic nitrogens is 2. The first-order valence-corrected chi connectivity index (χ1v) is 9.70. The predicted molar refractivity (Wildman–Crippen MR) is 104 cm³/mol. The van der Waals surface area contributed by atoms with E-state index in [9.17, 15) is 4.79 Å². The van der Waals surface area contributed by atoms with Crippen molar-refractivity contribution in [3.8, 4) is 0 Å². The topological polar surface area (TPSA) is 50.2 Å². The van der Waals surface area contributed by atoms with Crippen LogP contribution in [0.3, 0.4) is 0 Å². The fraction of sp³-hybridized carbons (Fsp3) is 0.524. The summed E-state index contributed by atoms with van der Waals surface area (Å²) in [5.41, 5.74) is 6.04. The number of aryl methyl sites for hydroxylation is 2. The van der Waals surface area contributed by atoms with Crippen LogP contribution in [0.15, 0.2) is 18.2 Å². The summed E-state index contributed by atoms with van der Waals surface area (Å²) in [5, 5.41) is 7.42. The van der Waals surface area contributed by atoms with Crippen molar-refractivity contribution in [2.45, 2.75) is 52.0 Å². The quantitative estimate of drug-likeness (QED) is 0.923. The normalized spacial score (nSPS) is 18.1. The zero-order valence-corrected chi connectivity index (χ0v) is 16.0. The number of amides is 1. The zero-order chi connectivity index (χ0) is 18.3. The highest BCUT2D eigenvalue weighted by Crippen LogP contribution is 2.28. The van der Waals surface area contributed by atoms with Gasteiger partial charge in [-0.15, -0.1) is 0 Å². The maximum atomic E-state index is 12.7. The second-order valence-corrected chi connectivity index (χ2v) is 7.73. The largest absolute Gasteiger partial charge is 0.322 e. The van der Waals surface area contributed by atoms with Crippen LogP contribution in [-0.2, 0) is 19.9 Å². The summed E-state index contributed by atoms with van der Waals surface area (Å²) < 4.78 is 1.76. The fourth-order valence-corrected chi connectivity index (χ4v) is 4.23. The third-order valence-electron chi connectivity index (χ3n) is 6.13. The van der Waals surface area contributed by atoms with Crippen LogP contribution in [0.5, 0.6) is 0 Å². The molecule has 1 saturated carbocycles. The van der Waals surface area contributed by atoms with Crippen LogP contribution < -0.4 is 5.32 Å². The van der Waals surface area contributed by atoms with Crippen molar-refractivity contribution < 1.29 is 4.79 Å². The van der Waals surface area contributed by atoms with Gasteiger partial charge in [-0.25, -0.2) is 0 Å². The lowest BCUT2D eigenvalue weighted by Gasteiger charge is -2.36. The molecule has 4 rings (SSSR count). The minimum Gasteiger partial charge on any atom is -0.322 e. The highest BCUT2D eigenvalue weighted by molar-refractivity contribution is 6.05. The first-order chi connectivity index (χ1) is 12.5. The lowest BCUT2D eigenvalue weighted by atomic mass is 9.91. The van der Waals surface area contributed by atoms with Gasteiger partial charge in [-0.3, -0.25) is 14.4 Å². The number of carbonyl (C=O) groups is 1. The van der Waals surface area contributed by atoms with Crippen LogP contribution >= 0.6 is 0 Å². The maximum absolute atomic E-state index is 12.7. The zero-order valence-electron chi connectivity index (χ0n) is 16.0. The van der Waals surface area contributed by atoms with Gasteiger partial charge in [0.15, 0.2) is 0 Å². The van der Waals surface area contributed by atoms with Gasteiger partial charge in [0.2, 0.25) is 0 Å². The third kappa shape index (κ3) is 3.16. The summed E-state index contributed by atoms with van der Waals surface area (Å²) in [7, 11) is 1.87. The summed E-state index contributed by atoms with van der Waals surface area (Å²) in [6.07, 6.45) is 6.29. The first-order valence-electron chi connectivity index (χ1n) is 9.70. The molecule has 1 aliphatic heterocycles. The second-order valence-electron chi connectivity index (χ2n) is 7.73. The maximum Gasteiger partial charge on any atom is 0.259 e. The van der Waals surface area contributed by atoms with E-state index in [0.29, 0.717) is 5.56 Å². The molecule has 1 aromatic heterocycles. The van der Waals surface area contributed by atoms with Crippen LogP contribution in [0.1, 0.15) is 52.1 Å². The molecule has 1 fully saturated rings. The van der Waals surface area contributed by atoms with E-state index in [0.717, 1.165) is 49.0 Å². The summed E-state index contributed by atoms with van der Waals surface area (Å²) in [6.45, 7) is 6.11. The Hall–Kier alpha value is -2.14. The smallest absolute Gasteiger partial charge is 0.259 e.